The summed E-state index contributed by atoms with van der Waals surface area (Å²) in [5.41, 5.74) is 5.06. The number of nitrogens with zero attached hydrogens (tertiary/aromatic N) is 1. The van der Waals surface area contributed by atoms with Crippen molar-refractivity contribution in [1.82, 2.24) is 5.32 Å². The number of nitrogens with one attached hydrogen (secondary N) is 1. The topological polar surface area (TPSA) is 178 Å². The summed E-state index contributed by atoms with van der Waals surface area (Å²) in [5, 5.41) is 21.1. The van der Waals surface area contributed by atoms with Gasteiger partial charge < -0.3 is 30.4 Å². The highest BCUT2D eigenvalue weighted by Gasteiger charge is 2.50. The molecule has 1 amide bonds. The van der Waals surface area contributed by atoms with Crippen LogP contribution in [0.4, 0.5) is 0 Å². The number of nitriles is 1. The van der Waals surface area contributed by atoms with Gasteiger partial charge in [-0.3, -0.25) is 9.59 Å². The second kappa shape index (κ2) is 18.5. The van der Waals surface area contributed by atoms with Gasteiger partial charge in [-0.2, -0.15) is 5.26 Å². The molecular formula is C39H66BN3O8. The Kier molecular flexibility index (Phi) is 16.7. The Morgan fingerprint density at radius 3 is 2.24 bits per heavy atom. The molecule has 0 radical (unpaired) electrons. The molecule has 0 aliphatic carbocycles. The number of nitrogens with two attached hydrogens (primary N) is 1. The first-order chi connectivity index (χ1) is 23.2. The van der Waals surface area contributed by atoms with E-state index in [1.54, 1.807) is 0 Å². The number of rotatable bonds is 20. The first-order valence-corrected chi connectivity index (χ1v) is 18.3. The summed E-state index contributed by atoms with van der Waals surface area (Å²) < 4.78 is 17.2. The van der Waals surface area contributed by atoms with Crippen molar-refractivity contribution < 1.29 is 38.5 Å². The molecule has 1 rings (SSSR count). The van der Waals surface area contributed by atoms with Gasteiger partial charge in [0.05, 0.1) is 37.7 Å². The quantitative estimate of drug-likeness (QED) is 0.0344. The Morgan fingerprint density at radius 2 is 1.75 bits per heavy atom. The molecule has 0 saturated carbocycles. The summed E-state index contributed by atoms with van der Waals surface area (Å²) in [6, 6.07) is 1.87. The fourth-order valence-electron chi connectivity index (χ4n) is 6.52. The van der Waals surface area contributed by atoms with Gasteiger partial charge in [-0.25, -0.2) is 9.59 Å². The summed E-state index contributed by atoms with van der Waals surface area (Å²) in [4.78, 5) is 50.5. The lowest BCUT2D eigenvalue weighted by Crippen LogP contribution is -2.59. The monoisotopic (exact) mass is 715 g/mol. The summed E-state index contributed by atoms with van der Waals surface area (Å²) in [5.74, 6) is -4.40. The van der Waals surface area contributed by atoms with Crippen molar-refractivity contribution in [2.24, 2.45) is 39.7 Å². The van der Waals surface area contributed by atoms with Gasteiger partial charge >= 0.3 is 17.9 Å². The van der Waals surface area contributed by atoms with E-state index in [1.807, 2.05) is 42.5 Å². The Hall–Kier alpha value is -3.17. The van der Waals surface area contributed by atoms with E-state index < -0.39 is 57.2 Å². The molecule has 1 aliphatic rings. The molecule has 51 heavy (non-hydrogen) atoms. The lowest BCUT2D eigenvalue weighted by atomic mass is 9.53. The molecule has 7 unspecified atom stereocenters. The Morgan fingerprint density at radius 1 is 1.14 bits per heavy atom. The first kappa shape index (κ1) is 45.9. The highest BCUT2D eigenvalue weighted by atomic mass is 16.6. The second-order valence-electron chi connectivity index (χ2n) is 17.8. The predicted octanol–water partition coefficient (Wildman–Crippen LogP) is 5.88. The number of amides is 1. The van der Waals surface area contributed by atoms with Crippen LogP contribution >= 0.6 is 0 Å². The van der Waals surface area contributed by atoms with E-state index in [4.69, 9.17) is 25.2 Å². The number of aliphatic hydroxyl groups is 1. The van der Waals surface area contributed by atoms with Crippen molar-refractivity contribution in [2.45, 2.75) is 144 Å². The fraction of sp³-hybridized carbons (Fsp3) is 0.769. The SMILES string of the molecule is BC(C)(CC)C(CC(C)(C)C(C)(N)C(COC(=O)C(=C)O)CC(C)C(C)(C)C(CC(C)(C)C)OCCC#N)C(=O)OC(=O)/C=C/C1CCC(=O)N1. The summed E-state index contributed by atoms with van der Waals surface area (Å²) >= 11 is 0. The van der Waals surface area contributed by atoms with Crippen LogP contribution in [-0.2, 0) is 33.4 Å². The van der Waals surface area contributed by atoms with Crippen molar-refractivity contribution in [1.29, 1.82) is 5.26 Å². The minimum Gasteiger partial charge on any atom is -0.502 e. The van der Waals surface area contributed by atoms with E-state index in [2.05, 4.69) is 59.5 Å². The molecule has 12 heteroatoms. The van der Waals surface area contributed by atoms with Crippen LogP contribution < -0.4 is 11.1 Å². The van der Waals surface area contributed by atoms with Crippen molar-refractivity contribution in [3.8, 4) is 6.07 Å². The van der Waals surface area contributed by atoms with Crippen LogP contribution in [0.5, 0.6) is 0 Å². The van der Waals surface area contributed by atoms with E-state index in [0.29, 0.717) is 32.3 Å². The minimum atomic E-state index is -1.05. The van der Waals surface area contributed by atoms with E-state index in [9.17, 15) is 24.3 Å². The molecule has 0 spiro atoms. The second-order valence-corrected chi connectivity index (χ2v) is 17.8. The zero-order valence-corrected chi connectivity index (χ0v) is 33.4. The maximum Gasteiger partial charge on any atom is 0.372 e. The van der Waals surface area contributed by atoms with Gasteiger partial charge in [0.25, 0.3) is 0 Å². The lowest BCUT2D eigenvalue weighted by molar-refractivity contribution is -0.161. The van der Waals surface area contributed by atoms with Gasteiger partial charge in [0.2, 0.25) is 5.91 Å². The van der Waals surface area contributed by atoms with Crippen LogP contribution in [0.3, 0.4) is 0 Å². The molecule has 1 saturated heterocycles. The Bertz CT molecular complexity index is 1310. The van der Waals surface area contributed by atoms with Gasteiger partial charge in [-0.1, -0.05) is 81.7 Å². The largest absolute Gasteiger partial charge is 0.502 e. The minimum absolute atomic E-state index is 0.0199. The number of carbonyl (C=O) groups excluding carboxylic acids is 4. The van der Waals surface area contributed by atoms with Gasteiger partial charge in [0.1, 0.15) is 7.85 Å². The Balaban J connectivity index is 3.47. The Labute approximate surface area is 307 Å². The van der Waals surface area contributed by atoms with Crippen molar-refractivity contribution in [2.75, 3.05) is 13.2 Å². The molecule has 11 nitrogen and oxygen atoms in total. The van der Waals surface area contributed by atoms with E-state index >= 15 is 0 Å². The molecule has 0 aromatic carbocycles. The first-order valence-electron chi connectivity index (χ1n) is 18.3. The van der Waals surface area contributed by atoms with E-state index in [1.165, 1.54) is 12.2 Å². The molecular weight excluding hydrogens is 649 g/mol. The fourth-order valence-corrected chi connectivity index (χ4v) is 6.52. The van der Waals surface area contributed by atoms with Gasteiger partial charge in [-0.15, -0.1) is 0 Å². The molecule has 1 aliphatic heterocycles. The zero-order chi connectivity index (χ0) is 39.6. The van der Waals surface area contributed by atoms with Crippen molar-refractivity contribution >= 4 is 31.7 Å². The van der Waals surface area contributed by atoms with Crippen LogP contribution in [0.25, 0.3) is 0 Å². The molecule has 1 heterocycles. The van der Waals surface area contributed by atoms with Crippen LogP contribution in [0.1, 0.15) is 121 Å². The number of hydrogen-bond donors (Lipinski definition) is 3. The van der Waals surface area contributed by atoms with Gasteiger partial charge in [0, 0.05) is 30.0 Å². The van der Waals surface area contributed by atoms with Crippen molar-refractivity contribution in [3.05, 3.63) is 24.5 Å². The standard InChI is InChI=1S/C39H66BN3O8/c1-13-38(11,40)29(34(48)51-32(46)18-16-28-15-17-31(45)43-28)22-36(7,8)39(12,42)27(24-50-33(47)26(3)44)21-25(2)37(9,10)30(23-35(4,5)6)49-20-14-19-41/h16,18,25,27-30,44H,3,13-15,17,20-24,40,42H2,1-2,4-12H3,(H,43,45)/b18-16+. The maximum atomic E-state index is 13.7. The average Bonchev–Trinajstić information content (AvgIpc) is 3.43. The number of carbonyl (C=O) groups is 4. The van der Waals surface area contributed by atoms with Crippen LogP contribution in [0.2, 0.25) is 5.31 Å². The predicted molar refractivity (Wildman–Crippen MR) is 201 cm³/mol. The number of hydrogen-bond acceptors (Lipinski definition) is 10. The highest BCUT2D eigenvalue weighted by Crippen LogP contribution is 2.50. The molecule has 0 bridgehead atoms. The zero-order valence-electron chi connectivity index (χ0n) is 33.4. The molecule has 288 valence electrons. The molecule has 4 N–H and O–H groups in total. The molecule has 0 aromatic rings. The smallest absolute Gasteiger partial charge is 0.372 e. The number of ether oxygens (including phenoxy) is 3. The van der Waals surface area contributed by atoms with Crippen LogP contribution in [0.15, 0.2) is 24.5 Å². The van der Waals surface area contributed by atoms with Crippen LogP contribution in [-0.4, -0.2) is 67.7 Å². The van der Waals surface area contributed by atoms with Crippen LogP contribution in [0, 0.1) is 45.3 Å². The van der Waals surface area contributed by atoms with E-state index in [-0.39, 0.29) is 48.8 Å². The summed E-state index contributed by atoms with van der Waals surface area (Å²) in [6.45, 7) is 26.1. The lowest BCUT2D eigenvalue weighted by Gasteiger charge is -2.51. The van der Waals surface area contributed by atoms with Gasteiger partial charge in [0.15, 0.2) is 5.76 Å². The molecule has 7 atom stereocenters. The summed E-state index contributed by atoms with van der Waals surface area (Å²) in [6.07, 6.45) is 5.90. The highest BCUT2D eigenvalue weighted by molar-refractivity contribution is 6.17. The normalized spacial score (nSPS) is 20.2. The van der Waals surface area contributed by atoms with Gasteiger partial charge in [-0.05, 0) is 66.7 Å². The average molecular weight is 716 g/mol. The molecule has 0 aromatic heterocycles. The third-order valence-electron chi connectivity index (χ3n) is 11.6. The van der Waals surface area contributed by atoms with E-state index in [0.717, 1.165) is 6.42 Å². The van der Waals surface area contributed by atoms with Crippen molar-refractivity contribution in [3.63, 3.8) is 0 Å². The summed E-state index contributed by atoms with van der Waals surface area (Å²) in [7, 11) is 1.95. The maximum absolute atomic E-state index is 13.7. The number of esters is 3. The third-order valence-corrected chi connectivity index (χ3v) is 11.6. The molecule has 1 fully saturated rings. The third kappa shape index (κ3) is 13.7. The number of aliphatic hydroxyl groups excluding tert-OH is 1.